The summed E-state index contributed by atoms with van der Waals surface area (Å²) in [5.41, 5.74) is 1.49. The molecule has 1 saturated carbocycles. The minimum atomic E-state index is -0.714. The fourth-order valence-corrected chi connectivity index (χ4v) is 3.14. The standard InChI is InChI=1S/C16H25NOS/c1-13(19(2)18)12-17-16-10-8-15(9-11-16)14-6-4-3-5-7-14/h3-7,13,15-17H,8-12H2,1-2H3. The van der Waals surface area contributed by atoms with Crippen molar-refractivity contribution in [3.05, 3.63) is 35.9 Å². The van der Waals surface area contributed by atoms with Gasteiger partial charge in [0.15, 0.2) is 0 Å². The van der Waals surface area contributed by atoms with Crippen LogP contribution < -0.4 is 5.32 Å². The topological polar surface area (TPSA) is 29.1 Å². The molecule has 1 aliphatic rings. The van der Waals surface area contributed by atoms with Crippen molar-refractivity contribution in [2.24, 2.45) is 0 Å². The molecule has 0 aromatic heterocycles. The van der Waals surface area contributed by atoms with E-state index in [9.17, 15) is 4.21 Å². The van der Waals surface area contributed by atoms with Crippen LogP contribution in [0.15, 0.2) is 30.3 Å². The first-order valence-electron chi connectivity index (χ1n) is 7.27. The summed E-state index contributed by atoms with van der Waals surface area (Å²) >= 11 is 0. The van der Waals surface area contributed by atoms with Crippen molar-refractivity contribution in [3.8, 4) is 0 Å². The van der Waals surface area contributed by atoms with Gasteiger partial charge in [0.1, 0.15) is 0 Å². The van der Waals surface area contributed by atoms with E-state index in [1.165, 1.54) is 31.2 Å². The highest BCUT2D eigenvalue weighted by atomic mass is 32.2. The lowest BCUT2D eigenvalue weighted by Gasteiger charge is -2.30. The molecule has 0 aliphatic heterocycles. The maximum Gasteiger partial charge on any atom is 0.0441 e. The molecular weight excluding hydrogens is 254 g/mol. The zero-order valence-electron chi connectivity index (χ0n) is 12.0. The lowest BCUT2D eigenvalue weighted by Crippen LogP contribution is -2.38. The predicted molar refractivity (Wildman–Crippen MR) is 83.0 cm³/mol. The summed E-state index contributed by atoms with van der Waals surface area (Å²) in [6.07, 6.45) is 6.81. The largest absolute Gasteiger partial charge is 0.313 e. The van der Waals surface area contributed by atoms with E-state index in [-0.39, 0.29) is 5.25 Å². The Balaban J connectivity index is 1.75. The molecule has 1 N–H and O–H groups in total. The van der Waals surface area contributed by atoms with Crippen molar-refractivity contribution in [2.75, 3.05) is 12.8 Å². The van der Waals surface area contributed by atoms with Gasteiger partial charge in [0, 0.05) is 34.9 Å². The molecule has 0 radical (unpaired) electrons. The highest BCUT2D eigenvalue weighted by molar-refractivity contribution is 7.84. The molecule has 106 valence electrons. The molecule has 0 spiro atoms. The molecule has 0 amide bonds. The van der Waals surface area contributed by atoms with Gasteiger partial charge >= 0.3 is 0 Å². The van der Waals surface area contributed by atoms with Crippen LogP contribution in [0.4, 0.5) is 0 Å². The van der Waals surface area contributed by atoms with E-state index in [4.69, 9.17) is 0 Å². The number of benzene rings is 1. The van der Waals surface area contributed by atoms with Crippen LogP contribution in [0.3, 0.4) is 0 Å². The third kappa shape index (κ3) is 4.43. The first-order chi connectivity index (χ1) is 9.16. The smallest absolute Gasteiger partial charge is 0.0441 e. The highest BCUT2D eigenvalue weighted by Crippen LogP contribution is 2.32. The Labute approximate surface area is 119 Å². The zero-order chi connectivity index (χ0) is 13.7. The van der Waals surface area contributed by atoms with Crippen molar-refractivity contribution in [2.45, 2.75) is 49.8 Å². The van der Waals surface area contributed by atoms with Gasteiger partial charge in [-0.05, 0) is 44.1 Å². The second kappa shape index (κ2) is 7.20. The molecule has 1 aliphatic carbocycles. The van der Waals surface area contributed by atoms with Crippen LogP contribution in [-0.2, 0) is 10.8 Å². The van der Waals surface area contributed by atoms with Crippen molar-refractivity contribution in [1.82, 2.24) is 5.32 Å². The molecule has 0 heterocycles. The van der Waals surface area contributed by atoms with Crippen LogP contribution >= 0.6 is 0 Å². The minimum absolute atomic E-state index is 0.256. The average Bonchev–Trinajstić information content (AvgIpc) is 2.46. The maximum atomic E-state index is 11.3. The minimum Gasteiger partial charge on any atom is -0.313 e. The number of rotatable bonds is 5. The molecule has 19 heavy (non-hydrogen) atoms. The summed E-state index contributed by atoms with van der Waals surface area (Å²) in [7, 11) is -0.714. The molecule has 3 heteroatoms. The van der Waals surface area contributed by atoms with Gasteiger partial charge in [-0.25, -0.2) is 0 Å². The highest BCUT2D eigenvalue weighted by Gasteiger charge is 2.22. The van der Waals surface area contributed by atoms with Crippen LogP contribution in [0.1, 0.15) is 44.1 Å². The molecule has 2 nitrogen and oxygen atoms in total. The Morgan fingerprint density at radius 2 is 1.84 bits per heavy atom. The average molecular weight is 279 g/mol. The van der Waals surface area contributed by atoms with Gasteiger partial charge in [0.25, 0.3) is 0 Å². The normalized spacial score (nSPS) is 26.8. The van der Waals surface area contributed by atoms with E-state index in [1.807, 2.05) is 0 Å². The molecule has 1 aromatic carbocycles. The monoisotopic (exact) mass is 279 g/mol. The van der Waals surface area contributed by atoms with Gasteiger partial charge in [0.2, 0.25) is 0 Å². The van der Waals surface area contributed by atoms with E-state index in [0.29, 0.717) is 6.04 Å². The molecule has 2 atom stereocenters. The van der Waals surface area contributed by atoms with E-state index in [2.05, 4.69) is 42.6 Å². The van der Waals surface area contributed by atoms with Crippen LogP contribution in [-0.4, -0.2) is 28.3 Å². The van der Waals surface area contributed by atoms with E-state index in [0.717, 1.165) is 12.5 Å². The number of hydrogen-bond donors (Lipinski definition) is 1. The second-order valence-electron chi connectivity index (χ2n) is 5.68. The molecule has 2 rings (SSSR count). The Bertz CT molecular complexity index is 398. The van der Waals surface area contributed by atoms with Gasteiger partial charge in [-0.1, -0.05) is 30.3 Å². The quantitative estimate of drug-likeness (QED) is 0.897. The summed E-state index contributed by atoms with van der Waals surface area (Å²) in [6, 6.07) is 11.5. The summed E-state index contributed by atoms with van der Waals surface area (Å²) < 4.78 is 11.3. The molecule has 0 saturated heterocycles. The van der Waals surface area contributed by atoms with Gasteiger partial charge in [-0.15, -0.1) is 0 Å². The lowest BCUT2D eigenvalue weighted by atomic mass is 9.82. The van der Waals surface area contributed by atoms with E-state index < -0.39 is 10.8 Å². The van der Waals surface area contributed by atoms with E-state index in [1.54, 1.807) is 6.26 Å². The fourth-order valence-electron chi connectivity index (χ4n) is 2.81. The van der Waals surface area contributed by atoms with Gasteiger partial charge < -0.3 is 5.32 Å². The van der Waals surface area contributed by atoms with Gasteiger partial charge in [-0.3, -0.25) is 4.21 Å². The lowest BCUT2D eigenvalue weighted by molar-refractivity contribution is 0.344. The Morgan fingerprint density at radius 3 is 2.42 bits per heavy atom. The van der Waals surface area contributed by atoms with Crippen LogP contribution in [0.5, 0.6) is 0 Å². The number of nitrogens with one attached hydrogen (secondary N) is 1. The molecule has 2 unspecified atom stereocenters. The van der Waals surface area contributed by atoms with Crippen molar-refractivity contribution in [1.29, 1.82) is 0 Å². The van der Waals surface area contributed by atoms with Gasteiger partial charge in [-0.2, -0.15) is 0 Å². The molecule has 0 bridgehead atoms. The van der Waals surface area contributed by atoms with E-state index >= 15 is 0 Å². The first-order valence-corrected chi connectivity index (χ1v) is 8.89. The molecular formula is C16H25NOS. The van der Waals surface area contributed by atoms with Crippen molar-refractivity contribution < 1.29 is 4.21 Å². The molecule has 1 aromatic rings. The van der Waals surface area contributed by atoms with Crippen LogP contribution in [0, 0.1) is 0 Å². The number of hydrogen-bond acceptors (Lipinski definition) is 2. The summed E-state index contributed by atoms with van der Waals surface area (Å²) in [6.45, 7) is 2.93. The maximum absolute atomic E-state index is 11.3. The first kappa shape index (κ1) is 14.7. The van der Waals surface area contributed by atoms with Crippen molar-refractivity contribution >= 4 is 10.8 Å². The van der Waals surface area contributed by atoms with Crippen molar-refractivity contribution in [3.63, 3.8) is 0 Å². The third-order valence-electron chi connectivity index (χ3n) is 4.26. The van der Waals surface area contributed by atoms with Crippen LogP contribution in [0.25, 0.3) is 0 Å². The fraction of sp³-hybridized carbons (Fsp3) is 0.625. The summed E-state index contributed by atoms with van der Waals surface area (Å²) in [5.74, 6) is 0.733. The molecule has 1 fully saturated rings. The zero-order valence-corrected chi connectivity index (χ0v) is 12.8. The second-order valence-corrected chi connectivity index (χ2v) is 7.48. The summed E-state index contributed by atoms with van der Waals surface area (Å²) in [4.78, 5) is 0. The Kier molecular flexibility index (Phi) is 5.59. The Hall–Kier alpha value is -0.670. The predicted octanol–water partition coefficient (Wildman–Crippen LogP) is 3.07. The van der Waals surface area contributed by atoms with Crippen LogP contribution in [0.2, 0.25) is 0 Å². The van der Waals surface area contributed by atoms with Gasteiger partial charge in [0.05, 0.1) is 0 Å². The Morgan fingerprint density at radius 1 is 1.21 bits per heavy atom. The third-order valence-corrected chi connectivity index (χ3v) is 5.56. The SMILES string of the molecule is CC(CNC1CCC(c2ccccc2)CC1)S(C)=O. The summed E-state index contributed by atoms with van der Waals surface area (Å²) in [5, 5.41) is 3.84.